The second kappa shape index (κ2) is 9.36. The molecule has 0 aliphatic rings. The van der Waals surface area contributed by atoms with Crippen LogP contribution in [0.3, 0.4) is 0 Å². The smallest absolute Gasteiger partial charge is 0.341 e. The summed E-state index contributed by atoms with van der Waals surface area (Å²) in [5.74, 6) is -1.22. The number of carbonyl (C=O) groups is 3. The fourth-order valence-corrected chi connectivity index (χ4v) is 4.07. The Bertz CT molecular complexity index is 1070. The lowest BCUT2D eigenvalue weighted by Gasteiger charge is -2.06. The molecule has 8 nitrogen and oxygen atoms in total. The summed E-state index contributed by atoms with van der Waals surface area (Å²) in [6, 6.07) is 9.56. The number of benzene rings is 1. The topological polar surface area (TPSA) is 102 Å². The third-order valence-corrected chi connectivity index (χ3v) is 5.54. The van der Waals surface area contributed by atoms with E-state index < -0.39 is 5.97 Å². The van der Waals surface area contributed by atoms with Gasteiger partial charge in [0.2, 0.25) is 5.91 Å². The van der Waals surface area contributed by atoms with E-state index >= 15 is 0 Å². The van der Waals surface area contributed by atoms with Gasteiger partial charge < -0.3 is 15.4 Å². The molecular formula is C21H22N4O4S. The largest absolute Gasteiger partial charge is 0.462 e. The van der Waals surface area contributed by atoms with Crippen LogP contribution in [0.5, 0.6) is 0 Å². The maximum Gasteiger partial charge on any atom is 0.341 e. The van der Waals surface area contributed by atoms with E-state index in [1.54, 1.807) is 30.9 Å². The van der Waals surface area contributed by atoms with Crippen molar-refractivity contribution in [3.05, 3.63) is 64.3 Å². The highest BCUT2D eigenvalue weighted by molar-refractivity contribution is 7.18. The van der Waals surface area contributed by atoms with Crippen molar-refractivity contribution >= 4 is 34.1 Å². The first-order chi connectivity index (χ1) is 14.4. The first kappa shape index (κ1) is 21.3. The van der Waals surface area contributed by atoms with Gasteiger partial charge >= 0.3 is 5.97 Å². The van der Waals surface area contributed by atoms with E-state index in [-0.39, 0.29) is 30.4 Å². The maximum absolute atomic E-state index is 12.6. The van der Waals surface area contributed by atoms with Crippen LogP contribution in [-0.2, 0) is 16.0 Å². The van der Waals surface area contributed by atoms with E-state index in [9.17, 15) is 14.4 Å². The molecular weight excluding hydrogens is 404 g/mol. The second-order valence-electron chi connectivity index (χ2n) is 6.41. The van der Waals surface area contributed by atoms with Crippen molar-refractivity contribution < 1.29 is 19.1 Å². The van der Waals surface area contributed by atoms with E-state index in [1.807, 2.05) is 30.3 Å². The molecule has 30 heavy (non-hydrogen) atoms. The second-order valence-corrected chi connectivity index (χ2v) is 7.43. The minimum absolute atomic E-state index is 0.0708. The lowest BCUT2D eigenvalue weighted by Crippen LogP contribution is -2.18. The number of hydrogen-bond donors (Lipinski definition) is 2. The summed E-state index contributed by atoms with van der Waals surface area (Å²) in [6.07, 6.45) is 3.46. The monoisotopic (exact) mass is 426 g/mol. The quantitative estimate of drug-likeness (QED) is 0.566. The molecule has 2 aromatic heterocycles. The standard InChI is InChI=1S/C21H22N4O4S/c1-4-29-21(28)17-13(2)18(19(27)22-3)30-20(17)24-16(26)10-14-11-23-25(12-14)15-8-6-5-7-9-15/h5-9,11-12H,4,10H2,1-3H3,(H,22,27)(H,24,26). The SMILES string of the molecule is CCOC(=O)c1c(NC(=O)Cc2cnn(-c3ccccc3)c2)sc(C(=O)NC)c1C. The van der Waals surface area contributed by atoms with E-state index in [0.717, 1.165) is 17.0 Å². The molecule has 0 atom stereocenters. The Balaban J connectivity index is 1.80. The minimum atomic E-state index is -0.575. The van der Waals surface area contributed by atoms with Crippen molar-refractivity contribution in [2.24, 2.45) is 0 Å². The number of ether oxygens (including phenoxy) is 1. The molecule has 3 rings (SSSR count). The van der Waals surface area contributed by atoms with Crippen LogP contribution in [-0.4, -0.2) is 41.2 Å². The molecule has 2 amide bonds. The summed E-state index contributed by atoms with van der Waals surface area (Å²) in [4.78, 5) is 37.5. The molecule has 1 aromatic carbocycles. The number of nitrogens with one attached hydrogen (secondary N) is 2. The zero-order valence-electron chi connectivity index (χ0n) is 16.9. The zero-order chi connectivity index (χ0) is 21.7. The molecule has 2 heterocycles. The van der Waals surface area contributed by atoms with Crippen LogP contribution in [0, 0.1) is 6.92 Å². The van der Waals surface area contributed by atoms with Crippen molar-refractivity contribution in [3.63, 3.8) is 0 Å². The number of carbonyl (C=O) groups excluding carboxylic acids is 3. The average Bonchev–Trinajstić information content (AvgIpc) is 3.32. The lowest BCUT2D eigenvalue weighted by molar-refractivity contribution is -0.115. The Morgan fingerprint density at radius 3 is 2.60 bits per heavy atom. The minimum Gasteiger partial charge on any atom is -0.462 e. The summed E-state index contributed by atoms with van der Waals surface area (Å²) in [5.41, 5.74) is 2.28. The number of aromatic nitrogens is 2. The van der Waals surface area contributed by atoms with Gasteiger partial charge in [0.15, 0.2) is 0 Å². The van der Waals surface area contributed by atoms with Crippen LogP contribution in [0.25, 0.3) is 5.69 Å². The number of esters is 1. The predicted octanol–water partition coefficient (Wildman–Crippen LogP) is 2.96. The first-order valence-electron chi connectivity index (χ1n) is 9.36. The molecule has 0 spiro atoms. The van der Waals surface area contributed by atoms with Crippen LogP contribution in [0.4, 0.5) is 5.00 Å². The Morgan fingerprint density at radius 2 is 1.93 bits per heavy atom. The molecule has 0 radical (unpaired) electrons. The third-order valence-electron chi connectivity index (χ3n) is 4.33. The van der Waals surface area contributed by atoms with Gasteiger partial charge in [0, 0.05) is 13.2 Å². The van der Waals surface area contributed by atoms with Crippen molar-refractivity contribution in [1.29, 1.82) is 0 Å². The van der Waals surface area contributed by atoms with Gasteiger partial charge in [-0.1, -0.05) is 18.2 Å². The highest BCUT2D eigenvalue weighted by Gasteiger charge is 2.26. The highest BCUT2D eigenvalue weighted by Crippen LogP contribution is 2.34. The van der Waals surface area contributed by atoms with E-state index in [4.69, 9.17) is 4.74 Å². The number of anilines is 1. The number of hydrogen-bond acceptors (Lipinski definition) is 6. The van der Waals surface area contributed by atoms with Crippen molar-refractivity contribution in [2.45, 2.75) is 20.3 Å². The third kappa shape index (κ3) is 4.57. The van der Waals surface area contributed by atoms with Gasteiger partial charge in [0.25, 0.3) is 5.91 Å². The van der Waals surface area contributed by atoms with Crippen LogP contribution in [0.2, 0.25) is 0 Å². The zero-order valence-corrected chi connectivity index (χ0v) is 17.7. The fourth-order valence-electron chi connectivity index (χ4n) is 2.91. The molecule has 3 aromatic rings. The van der Waals surface area contributed by atoms with Gasteiger partial charge in [0.05, 0.1) is 35.4 Å². The van der Waals surface area contributed by atoms with Crippen molar-refractivity contribution in [3.8, 4) is 5.69 Å². The molecule has 0 saturated carbocycles. The molecule has 0 unspecified atom stereocenters. The van der Waals surface area contributed by atoms with Crippen LogP contribution in [0.15, 0.2) is 42.7 Å². The number of rotatable bonds is 7. The Hall–Kier alpha value is -3.46. The molecule has 156 valence electrons. The number of amides is 2. The predicted molar refractivity (Wildman–Crippen MR) is 114 cm³/mol. The normalized spacial score (nSPS) is 10.5. The molecule has 0 aliphatic heterocycles. The van der Waals surface area contributed by atoms with E-state index in [0.29, 0.717) is 21.0 Å². The van der Waals surface area contributed by atoms with Crippen LogP contribution < -0.4 is 10.6 Å². The van der Waals surface area contributed by atoms with Crippen LogP contribution >= 0.6 is 11.3 Å². The molecule has 0 bridgehead atoms. The van der Waals surface area contributed by atoms with Gasteiger partial charge in [-0.2, -0.15) is 5.10 Å². The summed E-state index contributed by atoms with van der Waals surface area (Å²) >= 11 is 1.05. The van der Waals surface area contributed by atoms with Crippen LogP contribution in [0.1, 0.15) is 38.1 Å². The van der Waals surface area contributed by atoms with Gasteiger partial charge in [-0.3, -0.25) is 9.59 Å². The first-order valence-corrected chi connectivity index (χ1v) is 10.2. The van der Waals surface area contributed by atoms with Gasteiger partial charge in [-0.15, -0.1) is 11.3 Å². The lowest BCUT2D eigenvalue weighted by atomic mass is 10.1. The van der Waals surface area contributed by atoms with Gasteiger partial charge in [-0.05, 0) is 37.1 Å². The molecule has 2 N–H and O–H groups in total. The summed E-state index contributed by atoms with van der Waals surface area (Å²) in [5, 5.41) is 9.87. The number of thiophene rings is 1. The van der Waals surface area contributed by atoms with E-state index in [1.165, 1.54) is 7.05 Å². The Labute approximate surface area is 177 Å². The van der Waals surface area contributed by atoms with Gasteiger partial charge in [-0.25, -0.2) is 9.48 Å². The Morgan fingerprint density at radius 1 is 1.20 bits per heavy atom. The van der Waals surface area contributed by atoms with Crippen molar-refractivity contribution in [2.75, 3.05) is 19.0 Å². The summed E-state index contributed by atoms with van der Waals surface area (Å²) in [6.45, 7) is 3.55. The molecule has 9 heteroatoms. The number of para-hydroxylation sites is 1. The summed E-state index contributed by atoms with van der Waals surface area (Å²) in [7, 11) is 1.51. The highest BCUT2D eigenvalue weighted by atomic mass is 32.1. The molecule has 0 aliphatic carbocycles. The fraction of sp³-hybridized carbons (Fsp3) is 0.238. The summed E-state index contributed by atoms with van der Waals surface area (Å²) < 4.78 is 6.79. The van der Waals surface area contributed by atoms with Gasteiger partial charge in [0.1, 0.15) is 5.00 Å². The number of nitrogens with zero attached hydrogens (tertiary/aromatic N) is 2. The average molecular weight is 426 g/mol. The van der Waals surface area contributed by atoms with E-state index in [2.05, 4.69) is 15.7 Å². The maximum atomic E-state index is 12.6. The van der Waals surface area contributed by atoms with Crippen molar-refractivity contribution in [1.82, 2.24) is 15.1 Å². The Kier molecular flexibility index (Phi) is 6.63. The molecule has 0 fully saturated rings. The molecule has 0 saturated heterocycles.